The highest BCUT2D eigenvalue weighted by molar-refractivity contribution is 6.30. The summed E-state index contributed by atoms with van der Waals surface area (Å²) in [4.78, 5) is 20.2. The molecular weight excluding hydrogens is 424 g/mol. The molecule has 32 heavy (non-hydrogen) atoms. The molecule has 2 unspecified atom stereocenters. The zero-order valence-corrected chi connectivity index (χ0v) is 18.2. The number of fused-ring (bicyclic) bond motifs is 8. The predicted octanol–water partition coefficient (Wildman–Crippen LogP) is 4.09. The number of carbonyl (C=O) groups is 1. The van der Waals surface area contributed by atoms with Crippen LogP contribution in [0.25, 0.3) is 0 Å². The zero-order valence-electron chi connectivity index (χ0n) is 17.5. The van der Waals surface area contributed by atoms with Crippen LogP contribution in [0.1, 0.15) is 53.0 Å². The van der Waals surface area contributed by atoms with Crippen molar-refractivity contribution in [1.29, 1.82) is 0 Å². The lowest BCUT2D eigenvalue weighted by Crippen LogP contribution is -2.51. The minimum Gasteiger partial charge on any atom is -0.508 e. The Kier molecular flexibility index (Phi) is 4.20. The second kappa shape index (κ2) is 6.80. The molecular formula is C26H23ClN2O3. The molecule has 0 spiro atoms. The fourth-order valence-electron chi connectivity index (χ4n) is 6.07. The first-order chi connectivity index (χ1) is 15.4. The number of hydrogen-bond acceptors (Lipinski definition) is 4. The van der Waals surface area contributed by atoms with Crippen molar-refractivity contribution in [1.82, 2.24) is 9.88 Å². The normalized spacial score (nSPS) is 24.8. The molecule has 5 nitrogen and oxygen atoms in total. The maximum Gasteiger partial charge on any atom is 0.237 e. The summed E-state index contributed by atoms with van der Waals surface area (Å²) in [6, 6.07) is 14.9. The van der Waals surface area contributed by atoms with E-state index in [1.54, 1.807) is 24.5 Å². The molecule has 2 atom stereocenters. The van der Waals surface area contributed by atoms with Crippen LogP contribution in [-0.4, -0.2) is 39.1 Å². The van der Waals surface area contributed by atoms with Gasteiger partial charge in [0.25, 0.3) is 0 Å². The number of amides is 1. The number of piperidine rings is 1. The number of nitrogens with zero attached hydrogens (tertiary/aromatic N) is 2. The number of hydrogen-bond donors (Lipinski definition) is 2. The number of aromatic hydroxyl groups is 1. The van der Waals surface area contributed by atoms with Gasteiger partial charge in [-0.3, -0.25) is 9.78 Å². The Morgan fingerprint density at radius 2 is 1.78 bits per heavy atom. The van der Waals surface area contributed by atoms with Crippen LogP contribution in [0.5, 0.6) is 5.75 Å². The van der Waals surface area contributed by atoms with Gasteiger partial charge in [0.2, 0.25) is 5.91 Å². The SMILES string of the molecule is O=C(N1CCC(O)(c2cccnc2)CC1)C12CC(c3ccc(O)cc31)c1ccc(Cl)cc12. The average Bonchev–Trinajstić information content (AvgIpc) is 3.32. The number of aromatic nitrogens is 1. The highest BCUT2D eigenvalue weighted by atomic mass is 35.5. The lowest BCUT2D eigenvalue weighted by atomic mass is 9.73. The van der Waals surface area contributed by atoms with E-state index in [1.807, 2.05) is 41.3 Å². The Morgan fingerprint density at radius 1 is 1.06 bits per heavy atom. The minimum absolute atomic E-state index is 0.0288. The third kappa shape index (κ3) is 2.61. The highest BCUT2D eigenvalue weighted by Gasteiger charge is 2.59. The van der Waals surface area contributed by atoms with Crippen molar-refractivity contribution in [2.45, 2.75) is 36.2 Å². The van der Waals surface area contributed by atoms with E-state index in [9.17, 15) is 15.0 Å². The van der Waals surface area contributed by atoms with Gasteiger partial charge in [-0.2, -0.15) is 0 Å². The van der Waals surface area contributed by atoms with Crippen LogP contribution >= 0.6 is 11.6 Å². The molecule has 2 N–H and O–H groups in total. The van der Waals surface area contributed by atoms with Gasteiger partial charge in [0.05, 0.1) is 5.60 Å². The largest absolute Gasteiger partial charge is 0.508 e. The maximum atomic E-state index is 14.2. The van der Waals surface area contributed by atoms with Crippen LogP contribution in [0, 0.1) is 0 Å². The summed E-state index contributed by atoms with van der Waals surface area (Å²) in [7, 11) is 0. The first-order valence-corrected chi connectivity index (χ1v) is 11.4. The number of halogens is 1. The number of carbonyl (C=O) groups excluding carboxylic acids is 1. The van der Waals surface area contributed by atoms with E-state index in [-0.39, 0.29) is 17.6 Å². The third-order valence-electron chi connectivity index (χ3n) is 7.67. The van der Waals surface area contributed by atoms with Gasteiger partial charge in [-0.05, 0) is 71.8 Å². The topological polar surface area (TPSA) is 73.7 Å². The van der Waals surface area contributed by atoms with E-state index in [0.717, 1.165) is 27.8 Å². The summed E-state index contributed by atoms with van der Waals surface area (Å²) >= 11 is 6.36. The standard InChI is InChI=1S/C26H23ClN2O3/c27-17-3-5-19-21-14-26(22(19)12-17,23-13-18(30)4-6-20(21)23)24(31)29-10-7-25(32,8-11-29)16-2-1-9-28-15-16/h1-6,9,12-13,15,21,30,32H,7-8,10-11,14H2. The van der Waals surface area contributed by atoms with Crippen LogP contribution < -0.4 is 0 Å². The molecule has 2 aliphatic carbocycles. The third-order valence-corrected chi connectivity index (χ3v) is 7.91. The average molecular weight is 447 g/mol. The second-order valence-corrected chi connectivity index (χ2v) is 9.67. The molecule has 1 aromatic heterocycles. The number of phenolic OH excluding ortho intramolecular Hbond substituents is 1. The van der Waals surface area contributed by atoms with E-state index in [2.05, 4.69) is 4.98 Å². The van der Waals surface area contributed by atoms with Crippen LogP contribution in [0.15, 0.2) is 60.9 Å². The molecule has 2 bridgehead atoms. The molecule has 1 amide bonds. The van der Waals surface area contributed by atoms with Crippen LogP contribution in [0.2, 0.25) is 5.02 Å². The Morgan fingerprint density at radius 3 is 2.50 bits per heavy atom. The number of benzene rings is 2. The summed E-state index contributed by atoms with van der Waals surface area (Å²) in [6.45, 7) is 0.918. The lowest BCUT2D eigenvalue weighted by molar-refractivity contribution is -0.140. The molecule has 1 fully saturated rings. The molecule has 1 saturated heterocycles. The summed E-state index contributed by atoms with van der Waals surface area (Å²) in [6.07, 6.45) is 4.96. The van der Waals surface area contributed by atoms with Crippen molar-refractivity contribution in [2.24, 2.45) is 0 Å². The van der Waals surface area contributed by atoms with Crippen LogP contribution in [-0.2, 0) is 15.8 Å². The summed E-state index contributed by atoms with van der Waals surface area (Å²) in [5.74, 6) is 0.316. The molecule has 3 aliphatic rings. The zero-order chi connectivity index (χ0) is 22.1. The predicted molar refractivity (Wildman–Crippen MR) is 121 cm³/mol. The van der Waals surface area contributed by atoms with Gasteiger partial charge >= 0.3 is 0 Å². The minimum atomic E-state index is -0.978. The molecule has 2 heterocycles. The van der Waals surface area contributed by atoms with Gasteiger partial charge in [0.15, 0.2) is 0 Å². The van der Waals surface area contributed by atoms with Gasteiger partial charge in [-0.25, -0.2) is 0 Å². The van der Waals surface area contributed by atoms with Gasteiger partial charge < -0.3 is 15.1 Å². The first-order valence-electron chi connectivity index (χ1n) is 11.0. The molecule has 2 aromatic carbocycles. The quantitative estimate of drug-likeness (QED) is 0.622. The number of phenols is 1. The fraction of sp³-hybridized carbons (Fsp3) is 0.308. The van der Waals surface area contributed by atoms with Crippen molar-refractivity contribution < 1.29 is 15.0 Å². The van der Waals surface area contributed by atoms with Gasteiger partial charge in [0, 0.05) is 42.0 Å². The first kappa shape index (κ1) is 19.8. The summed E-state index contributed by atoms with van der Waals surface area (Å²) in [5.41, 5.74) is 3.05. The highest BCUT2D eigenvalue weighted by Crippen LogP contribution is 2.61. The molecule has 3 aromatic rings. The van der Waals surface area contributed by atoms with Crippen molar-refractivity contribution in [3.63, 3.8) is 0 Å². The molecule has 6 rings (SSSR count). The van der Waals surface area contributed by atoms with Crippen molar-refractivity contribution in [3.05, 3.63) is 93.8 Å². The molecule has 1 aliphatic heterocycles. The molecule has 0 radical (unpaired) electrons. The van der Waals surface area contributed by atoms with E-state index >= 15 is 0 Å². The van der Waals surface area contributed by atoms with E-state index in [0.29, 0.717) is 37.4 Å². The van der Waals surface area contributed by atoms with Crippen LogP contribution in [0.4, 0.5) is 0 Å². The van der Waals surface area contributed by atoms with Crippen molar-refractivity contribution >= 4 is 17.5 Å². The van der Waals surface area contributed by atoms with E-state index < -0.39 is 11.0 Å². The Hall–Kier alpha value is -2.89. The summed E-state index contributed by atoms with van der Waals surface area (Å²) < 4.78 is 0. The lowest BCUT2D eigenvalue weighted by Gasteiger charge is -2.42. The molecule has 6 heteroatoms. The van der Waals surface area contributed by atoms with Crippen molar-refractivity contribution in [2.75, 3.05) is 13.1 Å². The number of rotatable bonds is 2. The van der Waals surface area contributed by atoms with E-state index in [4.69, 9.17) is 11.6 Å². The number of pyridine rings is 1. The Bertz CT molecular complexity index is 1180. The number of aliphatic hydroxyl groups is 1. The second-order valence-electron chi connectivity index (χ2n) is 9.23. The fourth-order valence-corrected chi connectivity index (χ4v) is 6.24. The maximum absolute atomic E-state index is 14.2. The monoisotopic (exact) mass is 446 g/mol. The summed E-state index contributed by atoms with van der Waals surface area (Å²) in [5, 5.41) is 22.0. The van der Waals surface area contributed by atoms with Crippen LogP contribution in [0.3, 0.4) is 0 Å². The Labute approximate surface area is 191 Å². The van der Waals surface area contributed by atoms with E-state index in [1.165, 1.54) is 0 Å². The smallest absolute Gasteiger partial charge is 0.237 e. The number of likely N-dealkylation sites (tertiary alicyclic amines) is 1. The molecule has 0 saturated carbocycles. The molecule has 162 valence electrons. The Balaban J connectivity index is 1.38. The van der Waals surface area contributed by atoms with Gasteiger partial charge in [-0.15, -0.1) is 0 Å². The van der Waals surface area contributed by atoms with Gasteiger partial charge in [-0.1, -0.05) is 29.8 Å². The van der Waals surface area contributed by atoms with Crippen molar-refractivity contribution in [3.8, 4) is 5.75 Å². The van der Waals surface area contributed by atoms with Gasteiger partial charge in [0.1, 0.15) is 11.2 Å².